The van der Waals surface area contributed by atoms with Crippen molar-refractivity contribution < 1.29 is 9.47 Å². The van der Waals surface area contributed by atoms with Gasteiger partial charge in [-0.3, -0.25) is 0 Å². The molecule has 0 fully saturated rings. The minimum absolute atomic E-state index is 0.190. The van der Waals surface area contributed by atoms with Crippen molar-refractivity contribution in [2.45, 2.75) is 40.5 Å². The third-order valence-corrected chi connectivity index (χ3v) is 4.68. The van der Waals surface area contributed by atoms with Crippen LogP contribution in [0.1, 0.15) is 36.4 Å². The zero-order valence-electron chi connectivity index (χ0n) is 10.6. The van der Waals surface area contributed by atoms with E-state index in [4.69, 9.17) is 9.47 Å². The maximum atomic E-state index is 5.98. The van der Waals surface area contributed by atoms with Gasteiger partial charge in [-0.25, -0.2) is 0 Å². The van der Waals surface area contributed by atoms with Crippen LogP contribution in [0.25, 0.3) is 0 Å². The summed E-state index contributed by atoms with van der Waals surface area (Å²) < 4.78 is 12.0. The summed E-state index contributed by atoms with van der Waals surface area (Å²) in [7, 11) is 0. The van der Waals surface area contributed by atoms with Crippen molar-refractivity contribution in [2.24, 2.45) is 5.41 Å². The summed E-state index contributed by atoms with van der Waals surface area (Å²) in [6, 6.07) is 0. The number of rotatable bonds is 2. The lowest BCUT2D eigenvalue weighted by Gasteiger charge is -2.28. The van der Waals surface area contributed by atoms with Gasteiger partial charge in [0.15, 0.2) is 11.5 Å². The molecule has 16 heavy (non-hydrogen) atoms. The molecular weight excluding hydrogens is 220 g/mol. The fourth-order valence-corrected chi connectivity index (χ4v) is 3.07. The highest BCUT2D eigenvalue weighted by atomic mass is 32.1. The molecule has 2 heterocycles. The Morgan fingerprint density at radius 2 is 1.44 bits per heavy atom. The SMILES string of the molecule is CCC1(CC)COc2c(C)sc(C)c2OC1. The van der Waals surface area contributed by atoms with Crippen LogP contribution in [0.3, 0.4) is 0 Å². The van der Waals surface area contributed by atoms with Gasteiger partial charge in [0.2, 0.25) is 0 Å². The second-order valence-electron chi connectivity index (χ2n) is 4.66. The molecule has 0 aromatic carbocycles. The van der Waals surface area contributed by atoms with E-state index in [0.717, 1.165) is 37.6 Å². The van der Waals surface area contributed by atoms with Crippen LogP contribution in [0.15, 0.2) is 0 Å². The molecule has 0 amide bonds. The standard InChI is InChI=1S/C13H20O2S/c1-5-13(6-2)7-14-11-9(3)16-10(4)12(11)15-8-13/h5-8H2,1-4H3. The molecule has 0 radical (unpaired) electrons. The molecule has 0 spiro atoms. The fourth-order valence-electron chi connectivity index (χ4n) is 2.13. The van der Waals surface area contributed by atoms with E-state index in [1.807, 2.05) is 0 Å². The lowest BCUT2D eigenvalue weighted by molar-refractivity contribution is 0.0940. The van der Waals surface area contributed by atoms with E-state index in [1.54, 1.807) is 11.3 Å². The number of hydrogen-bond donors (Lipinski definition) is 0. The van der Waals surface area contributed by atoms with E-state index in [-0.39, 0.29) is 5.41 Å². The third-order valence-electron chi connectivity index (χ3n) is 3.70. The van der Waals surface area contributed by atoms with Crippen molar-refractivity contribution >= 4 is 11.3 Å². The minimum Gasteiger partial charge on any atom is -0.488 e. The Morgan fingerprint density at radius 3 is 1.81 bits per heavy atom. The predicted octanol–water partition coefficient (Wildman–Crippen LogP) is 3.94. The molecule has 90 valence electrons. The maximum Gasteiger partial charge on any atom is 0.175 e. The van der Waals surface area contributed by atoms with Crippen LogP contribution in [0, 0.1) is 19.3 Å². The Bertz CT molecular complexity index is 347. The zero-order valence-corrected chi connectivity index (χ0v) is 11.4. The van der Waals surface area contributed by atoms with Crippen molar-refractivity contribution in [3.8, 4) is 11.5 Å². The minimum atomic E-state index is 0.190. The second-order valence-corrected chi connectivity index (χ2v) is 6.09. The average Bonchev–Trinajstić information content (AvgIpc) is 2.49. The van der Waals surface area contributed by atoms with Crippen molar-refractivity contribution in [3.05, 3.63) is 9.75 Å². The Morgan fingerprint density at radius 1 is 1.00 bits per heavy atom. The van der Waals surface area contributed by atoms with Crippen molar-refractivity contribution in [1.29, 1.82) is 0 Å². The molecule has 1 aliphatic rings. The van der Waals surface area contributed by atoms with E-state index in [9.17, 15) is 0 Å². The van der Waals surface area contributed by atoms with Crippen molar-refractivity contribution in [3.63, 3.8) is 0 Å². The molecule has 1 aromatic rings. The topological polar surface area (TPSA) is 18.5 Å². The molecule has 2 nitrogen and oxygen atoms in total. The van der Waals surface area contributed by atoms with Gasteiger partial charge in [0.25, 0.3) is 0 Å². The molecule has 0 aliphatic carbocycles. The molecule has 0 unspecified atom stereocenters. The van der Waals surface area contributed by atoms with Crippen LogP contribution < -0.4 is 9.47 Å². The number of hydrogen-bond acceptors (Lipinski definition) is 3. The van der Waals surface area contributed by atoms with Gasteiger partial charge in [-0.2, -0.15) is 0 Å². The highest BCUT2D eigenvalue weighted by Crippen LogP contribution is 2.45. The van der Waals surface area contributed by atoms with Crippen molar-refractivity contribution in [1.82, 2.24) is 0 Å². The van der Waals surface area contributed by atoms with Gasteiger partial charge >= 0.3 is 0 Å². The highest BCUT2D eigenvalue weighted by Gasteiger charge is 2.33. The summed E-state index contributed by atoms with van der Waals surface area (Å²) >= 11 is 1.76. The molecule has 0 atom stereocenters. The van der Waals surface area contributed by atoms with Crippen LogP contribution in [0.5, 0.6) is 11.5 Å². The molecule has 0 saturated carbocycles. The summed E-state index contributed by atoms with van der Waals surface area (Å²) in [5.41, 5.74) is 0.190. The van der Waals surface area contributed by atoms with E-state index in [1.165, 1.54) is 9.75 Å². The van der Waals surface area contributed by atoms with Crippen LogP contribution in [0.2, 0.25) is 0 Å². The fraction of sp³-hybridized carbons (Fsp3) is 0.692. The van der Waals surface area contributed by atoms with Gasteiger partial charge < -0.3 is 9.47 Å². The van der Waals surface area contributed by atoms with E-state index in [2.05, 4.69) is 27.7 Å². The van der Waals surface area contributed by atoms with E-state index in [0.29, 0.717) is 0 Å². The van der Waals surface area contributed by atoms with E-state index >= 15 is 0 Å². The summed E-state index contributed by atoms with van der Waals surface area (Å²) in [6.07, 6.45) is 2.21. The lowest BCUT2D eigenvalue weighted by atomic mass is 9.84. The van der Waals surface area contributed by atoms with Crippen LogP contribution in [-0.4, -0.2) is 13.2 Å². The molecule has 1 aliphatic heterocycles. The van der Waals surface area contributed by atoms with Gasteiger partial charge in [-0.05, 0) is 26.7 Å². The van der Waals surface area contributed by atoms with Crippen LogP contribution in [0.4, 0.5) is 0 Å². The second kappa shape index (κ2) is 4.28. The molecule has 2 rings (SSSR count). The average molecular weight is 240 g/mol. The summed E-state index contributed by atoms with van der Waals surface area (Å²) in [5, 5.41) is 0. The monoisotopic (exact) mass is 240 g/mol. The van der Waals surface area contributed by atoms with Crippen molar-refractivity contribution in [2.75, 3.05) is 13.2 Å². The zero-order chi connectivity index (χ0) is 11.8. The quantitative estimate of drug-likeness (QED) is 0.779. The first kappa shape index (κ1) is 11.8. The smallest absolute Gasteiger partial charge is 0.175 e. The molecule has 1 aromatic heterocycles. The normalized spacial score (nSPS) is 18.2. The Balaban J connectivity index is 2.28. The largest absolute Gasteiger partial charge is 0.488 e. The van der Waals surface area contributed by atoms with Crippen LogP contribution >= 0.6 is 11.3 Å². The third kappa shape index (κ3) is 1.81. The summed E-state index contributed by atoms with van der Waals surface area (Å²) in [5.74, 6) is 1.96. The molecule has 0 bridgehead atoms. The highest BCUT2D eigenvalue weighted by molar-refractivity contribution is 7.12. The number of ether oxygens (including phenoxy) is 2. The molecule has 0 N–H and O–H groups in total. The molecule has 0 saturated heterocycles. The van der Waals surface area contributed by atoms with Crippen LogP contribution in [-0.2, 0) is 0 Å². The number of thiophene rings is 1. The first-order chi connectivity index (χ1) is 7.62. The first-order valence-corrected chi connectivity index (χ1v) is 6.79. The maximum absolute atomic E-state index is 5.98. The van der Waals surface area contributed by atoms with Gasteiger partial charge in [0.05, 0.1) is 13.2 Å². The van der Waals surface area contributed by atoms with Gasteiger partial charge in [0, 0.05) is 15.2 Å². The molecule has 3 heteroatoms. The Kier molecular flexibility index (Phi) is 3.15. The predicted molar refractivity (Wildman–Crippen MR) is 67.8 cm³/mol. The number of fused-ring (bicyclic) bond motifs is 1. The first-order valence-electron chi connectivity index (χ1n) is 5.97. The van der Waals surface area contributed by atoms with Gasteiger partial charge in [-0.15, -0.1) is 11.3 Å². The summed E-state index contributed by atoms with van der Waals surface area (Å²) in [6.45, 7) is 10.2. The van der Waals surface area contributed by atoms with Gasteiger partial charge in [-0.1, -0.05) is 13.8 Å². The lowest BCUT2D eigenvalue weighted by Crippen LogP contribution is -2.32. The van der Waals surface area contributed by atoms with Gasteiger partial charge in [0.1, 0.15) is 0 Å². The Labute approximate surface area is 102 Å². The van der Waals surface area contributed by atoms with E-state index < -0.39 is 0 Å². The molecular formula is C13H20O2S. The summed E-state index contributed by atoms with van der Waals surface area (Å²) in [4.78, 5) is 2.46. The Hall–Kier alpha value is -0.700. The number of aryl methyl sites for hydroxylation is 2.